The average molecular weight is 305 g/mol. The Kier molecular flexibility index (Phi) is 6.27. The summed E-state index contributed by atoms with van der Waals surface area (Å²) in [5.41, 5.74) is 3.52. The van der Waals surface area contributed by atoms with Gasteiger partial charge >= 0.3 is 0 Å². The van der Waals surface area contributed by atoms with Crippen molar-refractivity contribution < 1.29 is 9.84 Å². The first kappa shape index (κ1) is 17.3. The van der Waals surface area contributed by atoms with Crippen molar-refractivity contribution in [2.45, 2.75) is 65.5 Å². The Morgan fingerprint density at radius 1 is 1.18 bits per heavy atom. The number of benzene rings is 1. The van der Waals surface area contributed by atoms with E-state index in [0.29, 0.717) is 25.1 Å². The Morgan fingerprint density at radius 3 is 2.59 bits per heavy atom. The molecule has 1 aliphatic rings. The Labute approximate surface area is 135 Å². The van der Waals surface area contributed by atoms with Crippen LogP contribution in [0.5, 0.6) is 5.75 Å². The predicted octanol–water partition coefficient (Wildman–Crippen LogP) is 3.52. The fourth-order valence-electron chi connectivity index (χ4n) is 3.29. The molecular formula is C19H31NO2. The van der Waals surface area contributed by atoms with E-state index in [4.69, 9.17) is 4.74 Å². The molecule has 0 radical (unpaired) electrons. The van der Waals surface area contributed by atoms with Gasteiger partial charge in [0.1, 0.15) is 18.5 Å². The predicted molar refractivity (Wildman–Crippen MR) is 91.6 cm³/mol. The van der Waals surface area contributed by atoms with Crippen LogP contribution in [-0.4, -0.2) is 30.4 Å². The molecule has 3 heteroatoms. The van der Waals surface area contributed by atoms with Gasteiger partial charge in [-0.2, -0.15) is 0 Å². The zero-order valence-corrected chi connectivity index (χ0v) is 14.5. The largest absolute Gasteiger partial charge is 0.490 e. The first-order valence-corrected chi connectivity index (χ1v) is 8.60. The Bertz CT molecular complexity index is 487. The van der Waals surface area contributed by atoms with Gasteiger partial charge < -0.3 is 15.2 Å². The lowest BCUT2D eigenvalue weighted by atomic mass is 9.86. The Balaban J connectivity index is 1.80. The van der Waals surface area contributed by atoms with Gasteiger partial charge in [0.05, 0.1) is 0 Å². The van der Waals surface area contributed by atoms with Crippen LogP contribution in [-0.2, 0) is 0 Å². The van der Waals surface area contributed by atoms with Crippen LogP contribution in [0.1, 0.15) is 49.3 Å². The molecule has 3 atom stereocenters. The minimum Gasteiger partial charge on any atom is -0.490 e. The highest BCUT2D eigenvalue weighted by Gasteiger charge is 2.21. The van der Waals surface area contributed by atoms with E-state index in [1.807, 2.05) is 0 Å². The summed E-state index contributed by atoms with van der Waals surface area (Å²) in [6, 6.07) is 4.73. The minimum absolute atomic E-state index is 0.346. The number of rotatable bonds is 6. The molecule has 1 aliphatic carbocycles. The Morgan fingerprint density at radius 2 is 1.86 bits per heavy atom. The summed E-state index contributed by atoms with van der Waals surface area (Å²) in [5.74, 6) is 1.63. The Hall–Kier alpha value is -1.06. The molecule has 2 N–H and O–H groups in total. The molecule has 1 saturated carbocycles. The van der Waals surface area contributed by atoms with Gasteiger partial charge in [-0.1, -0.05) is 31.9 Å². The second kappa shape index (κ2) is 7.98. The van der Waals surface area contributed by atoms with E-state index < -0.39 is 6.10 Å². The number of aliphatic hydroxyl groups is 1. The number of aryl methyl sites for hydroxylation is 2. The van der Waals surface area contributed by atoms with E-state index in [1.54, 1.807) is 0 Å². The van der Waals surface area contributed by atoms with Crippen molar-refractivity contribution in [2.24, 2.45) is 5.92 Å². The van der Waals surface area contributed by atoms with E-state index in [1.165, 1.54) is 36.8 Å². The van der Waals surface area contributed by atoms with Crippen LogP contribution in [0.4, 0.5) is 0 Å². The lowest BCUT2D eigenvalue weighted by Crippen LogP contribution is -2.42. The summed E-state index contributed by atoms with van der Waals surface area (Å²) in [6.45, 7) is 9.48. The van der Waals surface area contributed by atoms with Crippen LogP contribution < -0.4 is 10.1 Å². The van der Waals surface area contributed by atoms with Crippen molar-refractivity contribution in [2.75, 3.05) is 13.2 Å². The van der Waals surface area contributed by atoms with Crippen LogP contribution in [0, 0.1) is 26.7 Å². The molecule has 2 rings (SSSR count). The number of aliphatic hydroxyl groups excluding tert-OH is 1. The van der Waals surface area contributed by atoms with Crippen LogP contribution >= 0.6 is 0 Å². The molecule has 0 heterocycles. The SMILES string of the molecule is Cc1ccc(C)c(OC[C@H](O)CN[C@@H]2CCCC[C@H]2C)c1C. The fourth-order valence-corrected chi connectivity index (χ4v) is 3.29. The van der Waals surface area contributed by atoms with Gasteiger partial charge in [0, 0.05) is 12.6 Å². The molecule has 1 aromatic rings. The molecule has 0 saturated heterocycles. The normalized spacial score (nSPS) is 23.3. The summed E-state index contributed by atoms with van der Waals surface area (Å²) in [7, 11) is 0. The third-order valence-corrected chi connectivity index (χ3v) is 5.02. The van der Waals surface area contributed by atoms with Gasteiger partial charge in [-0.15, -0.1) is 0 Å². The van der Waals surface area contributed by atoms with E-state index >= 15 is 0 Å². The molecule has 0 amide bonds. The second-order valence-corrected chi connectivity index (χ2v) is 6.89. The number of nitrogens with one attached hydrogen (secondary N) is 1. The van der Waals surface area contributed by atoms with E-state index in [9.17, 15) is 5.11 Å². The topological polar surface area (TPSA) is 41.5 Å². The first-order valence-electron chi connectivity index (χ1n) is 8.60. The van der Waals surface area contributed by atoms with Crippen molar-refractivity contribution in [1.29, 1.82) is 0 Å². The van der Waals surface area contributed by atoms with Gasteiger partial charge in [-0.3, -0.25) is 0 Å². The molecule has 1 aromatic carbocycles. The maximum atomic E-state index is 10.2. The quantitative estimate of drug-likeness (QED) is 0.845. The van der Waals surface area contributed by atoms with Crippen LogP contribution in [0.25, 0.3) is 0 Å². The standard InChI is InChI=1S/C19H31NO2/c1-13-9-10-15(3)19(16(13)4)22-12-17(21)11-20-18-8-6-5-7-14(18)2/h9-10,14,17-18,20-21H,5-8,11-12H2,1-4H3/t14-,17-,18-/m1/s1. The number of hydrogen-bond donors (Lipinski definition) is 2. The highest BCUT2D eigenvalue weighted by molar-refractivity contribution is 5.44. The third-order valence-electron chi connectivity index (χ3n) is 5.02. The first-order chi connectivity index (χ1) is 10.5. The third kappa shape index (κ3) is 4.47. The van der Waals surface area contributed by atoms with Crippen molar-refractivity contribution in [1.82, 2.24) is 5.32 Å². The lowest BCUT2D eigenvalue weighted by Gasteiger charge is -2.30. The van der Waals surface area contributed by atoms with Gasteiger partial charge in [0.25, 0.3) is 0 Å². The summed E-state index contributed by atoms with van der Waals surface area (Å²) < 4.78 is 5.89. The fraction of sp³-hybridized carbons (Fsp3) is 0.684. The highest BCUT2D eigenvalue weighted by Crippen LogP contribution is 2.26. The number of ether oxygens (including phenoxy) is 1. The lowest BCUT2D eigenvalue weighted by molar-refractivity contribution is 0.0978. The van der Waals surface area contributed by atoms with Crippen molar-refractivity contribution in [3.63, 3.8) is 0 Å². The molecule has 0 unspecified atom stereocenters. The van der Waals surface area contributed by atoms with Gasteiger partial charge in [0.15, 0.2) is 0 Å². The molecule has 0 aliphatic heterocycles. The van der Waals surface area contributed by atoms with Crippen LogP contribution in [0.3, 0.4) is 0 Å². The molecule has 124 valence electrons. The molecule has 3 nitrogen and oxygen atoms in total. The summed E-state index contributed by atoms with van der Waals surface area (Å²) >= 11 is 0. The highest BCUT2D eigenvalue weighted by atomic mass is 16.5. The van der Waals surface area contributed by atoms with Gasteiger partial charge in [-0.05, 0) is 56.2 Å². The maximum absolute atomic E-state index is 10.2. The van der Waals surface area contributed by atoms with Gasteiger partial charge in [0.2, 0.25) is 0 Å². The van der Waals surface area contributed by atoms with Crippen molar-refractivity contribution in [3.8, 4) is 5.75 Å². The summed E-state index contributed by atoms with van der Waals surface area (Å²) in [4.78, 5) is 0. The average Bonchev–Trinajstić information content (AvgIpc) is 2.50. The molecule has 22 heavy (non-hydrogen) atoms. The zero-order chi connectivity index (χ0) is 16.1. The smallest absolute Gasteiger partial charge is 0.125 e. The summed E-state index contributed by atoms with van der Waals surface area (Å²) in [5, 5.41) is 13.7. The van der Waals surface area contributed by atoms with Crippen molar-refractivity contribution >= 4 is 0 Å². The second-order valence-electron chi connectivity index (χ2n) is 6.89. The number of hydrogen-bond acceptors (Lipinski definition) is 3. The van der Waals surface area contributed by atoms with E-state index in [0.717, 1.165) is 11.3 Å². The van der Waals surface area contributed by atoms with E-state index in [-0.39, 0.29) is 0 Å². The zero-order valence-electron chi connectivity index (χ0n) is 14.5. The van der Waals surface area contributed by atoms with Crippen LogP contribution in [0.2, 0.25) is 0 Å². The minimum atomic E-state index is -0.464. The monoisotopic (exact) mass is 305 g/mol. The molecule has 0 aromatic heterocycles. The molecule has 0 spiro atoms. The molecule has 0 bridgehead atoms. The summed E-state index contributed by atoms with van der Waals surface area (Å²) in [6.07, 6.45) is 4.71. The molecular weight excluding hydrogens is 274 g/mol. The van der Waals surface area contributed by atoms with Crippen LogP contribution in [0.15, 0.2) is 12.1 Å². The van der Waals surface area contributed by atoms with Crippen molar-refractivity contribution in [3.05, 3.63) is 28.8 Å². The maximum Gasteiger partial charge on any atom is 0.125 e. The molecule has 1 fully saturated rings. The van der Waals surface area contributed by atoms with E-state index in [2.05, 4.69) is 45.1 Å². The van der Waals surface area contributed by atoms with Gasteiger partial charge in [-0.25, -0.2) is 0 Å².